The Kier molecular flexibility index (Phi) is 6.05. The van der Waals surface area contributed by atoms with Gasteiger partial charge in [0.25, 0.3) is 0 Å². The van der Waals surface area contributed by atoms with Crippen LogP contribution in [0.1, 0.15) is 12.8 Å². The number of nitrogens with zero attached hydrogens (tertiary/aromatic N) is 5. The highest BCUT2D eigenvalue weighted by atomic mass is 16.1. The van der Waals surface area contributed by atoms with Crippen molar-refractivity contribution in [3.05, 3.63) is 79.5 Å². The van der Waals surface area contributed by atoms with Crippen molar-refractivity contribution in [1.29, 1.82) is 0 Å². The predicted octanol–water partition coefficient (Wildman–Crippen LogP) is 5.51. The Bertz CT molecular complexity index is 1830. The van der Waals surface area contributed by atoms with Gasteiger partial charge in [0, 0.05) is 58.1 Å². The maximum absolute atomic E-state index is 12.9. The summed E-state index contributed by atoms with van der Waals surface area (Å²) in [6, 6.07) is 16.4. The summed E-state index contributed by atoms with van der Waals surface area (Å²) >= 11 is 0. The molecule has 1 aliphatic heterocycles. The van der Waals surface area contributed by atoms with E-state index in [0.717, 1.165) is 75.9 Å². The number of piperidine rings is 1. The molecular weight excluding hydrogens is 500 g/mol. The number of carbonyl (C=O) groups is 1. The molecule has 5 aromatic heterocycles. The number of H-pyrrole nitrogens is 2. The first-order valence-electron chi connectivity index (χ1n) is 13.4. The number of aromatic nitrogens is 6. The molecule has 1 aliphatic rings. The van der Waals surface area contributed by atoms with E-state index in [-0.39, 0.29) is 11.8 Å². The van der Waals surface area contributed by atoms with Crippen LogP contribution in [0.2, 0.25) is 0 Å². The minimum atomic E-state index is 0.0294. The summed E-state index contributed by atoms with van der Waals surface area (Å²) in [7, 11) is 2.09. The molecule has 1 saturated heterocycles. The van der Waals surface area contributed by atoms with Crippen LogP contribution < -0.4 is 5.32 Å². The molecule has 0 radical (unpaired) electrons. The molecule has 198 valence electrons. The van der Waals surface area contributed by atoms with Gasteiger partial charge >= 0.3 is 0 Å². The second-order valence-corrected chi connectivity index (χ2v) is 10.4. The minimum Gasteiger partial charge on any atom is -0.353 e. The predicted molar refractivity (Wildman–Crippen MR) is 156 cm³/mol. The van der Waals surface area contributed by atoms with Crippen molar-refractivity contribution in [2.45, 2.75) is 12.8 Å². The number of carbonyl (C=O) groups excluding carboxylic acids is 1. The Morgan fingerprint density at radius 3 is 2.60 bits per heavy atom. The lowest BCUT2D eigenvalue weighted by atomic mass is 9.96. The van der Waals surface area contributed by atoms with E-state index in [0.29, 0.717) is 11.3 Å². The van der Waals surface area contributed by atoms with Gasteiger partial charge in [-0.1, -0.05) is 12.1 Å². The molecule has 0 aliphatic carbocycles. The van der Waals surface area contributed by atoms with Crippen molar-refractivity contribution in [1.82, 2.24) is 35.0 Å². The van der Waals surface area contributed by atoms with Crippen molar-refractivity contribution in [3.63, 3.8) is 0 Å². The molecule has 9 heteroatoms. The maximum atomic E-state index is 12.9. The molecule has 0 bridgehead atoms. The van der Waals surface area contributed by atoms with E-state index in [1.807, 2.05) is 24.3 Å². The number of rotatable bonds is 5. The molecular formula is C31H28N8O. The summed E-state index contributed by atoms with van der Waals surface area (Å²) in [6.45, 7) is 1.88. The lowest BCUT2D eigenvalue weighted by molar-refractivity contribution is -0.121. The van der Waals surface area contributed by atoms with Gasteiger partial charge in [-0.3, -0.25) is 19.9 Å². The molecule has 1 fully saturated rings. The molecule has 1 aromatic carbocycles. The summed E-state index contributed by atoms with van der Waals surface area (Å²) in [6.07, 6.45) is 10.6. The molecule has 6 aromatic rings. The van der Waals surface area contributed by atoms with Gasteiger partial charge in [0.2, 0.25) is 5.91 Å². The number of hydrogen-bond acceptors (Lipinski definition) is 6. The van der Waals surface area contributed by atoms with Crippen LogP contribution in [0.5, 0.6) is 0 Å². The van der Waals surface area contributed by atoms with Crippen molar-refractivity contribution in [2.24, 2.45) is 5.92 Å². The quantitative estimate of drug-likeness (QED) is 0.272. The third-order valence-electron chi connectivity index (χ3n) is 7.76. The third-order valence-corrected chi connectivity index (χ3v) is 7.76. The van der Waals surface area contributed by atoms with E-state index >= 15 is 0 Å². The first-order chi connectivity index (χ1) is 19.6. The zero-order valence-electron chi connectivity index (χ0n) is 22.1. The van der Waals surface area contributed by atoms with Gasteiger partial charge in [0.05, 0.1) is 17.6 Å². The average molecular weight is 529 g/mol. The molecule has 0 atom stereocenters. The first-order valence-corrected chi connectivity index (χ1v) is 13.4. The highest BCUT2D eigenvalue weighted by molar-refractivity contribution is 6.01. The summed E-state index contributed by atoms with van der Waals surface area (Å²) < 4.78 is 0. The van der Waals surface area contributed by atoms with E-state index in [1.54, 1.807) is 31.0 Å². The number of likely N-dealkylation sites (tertiary alicyclic amines) is 1. The lowest BCUT2D eigenvalue weighted by Gasteiger charge is -2.28. The van der Waals surface area contributed by atoms with Gasteiger partial charge in [0.1, 0.15) is 5.69 Å². The normalized spacial score (nSPS) is 14.6. The Balaban J connectivity index is 1.20. The Labute approximate surface area is 230 Å². The summed E-state index contributed by atoms with van der Waals surface area (Å²) in [5.41, 5.74) is 8.12. The minimum absolute atomic E-state index is 0.0294. The van der Waals surface area contributed by atoms with Gasteiger partial charge in [-0.05, 0) is 80.5 Å². The molecule has 0 spiro atoms. The van der Waals surface area contributed by atoms with Gasteiger partial charge < -0.3 is 15.2 Å². The SMILES string of the molecule is CN1CCC(C(=O)Nc2cncc(-c3cnc4[nH]nc(-c5cc6c(-c7ccncc7)cccc6[nH]5)c4c3)c2)CC1. The number of amides is 1. The van der Waals surface area contributed by atoms with E-state index in [2.05, 4.69) is 71.7 Å². The molecule has 7 rings (SSSR count). The maximum Gasteiger partial charge on any atom is 0.227 e. The van der Waals surface area contributed by atoms with Crippen LogP contribution in [0.4, 0.5) is 5.69 Å². The average Bonchev–Trinajstić information content (AvgIpc) is 3.62. The fourth-order valence-corrected chi connectivity index (χ4v) is 5.51. The van der Waals surface area contributed by atoms with Crippen LogP contribution in [0.15, 0.2) is 79.5 Å². The second-order valence-electron chi connectivity index (χ2n) is 10.4. The molecule has 6 heterocycles. The van der Waals surface area contributed by atoms with Crippen molar-refractivity contribution in [3.8, 4) is 33.6 Å². The van der Waals surface area contributed by atoms with Crippen molar-refractivity contribution in [2.75, 3.05) is 25.5 Å². The molecule has 9 nitrogen and oxygen atoms in total. The fourth-order valence-electron chi connectivity index (χ4n) is 5.51. The standard InChI is InChI=1S/C31H28N8O/c1-39-11-7-20(8-12-39)31(40)35-23-13-21(16-33-18-23)22-14-26-29(37-38-30(26)34-17-22)28-15-25-24(3-2-4-27(25)36-28)19-5-9-32-10-6-19/h2-6,9-10,13-18,20,36H,7-8,11-12H2,1H3,(H,35,40)(H,34,37,38). The van der Waals surface area contributed by atoms with Crippen LogP contribution in [0.3, 0.4) is 0 Å². The number of nitrogens with one attached hydrogen (secondary N) is 3. The number of hydrogen-bond donors (Lipinski definition) is 3. The van der Waals surface area contributed by atoms with Gasteiger partial charge in [-0.25, -0.2) is 4.98 Å². The Hall–Kier alpha value is -4.89. The van der Waals surface area contributed by atoms with E-state index in [9.17, 15) is 4.79 Å². The summed E-state index contributed by atoms with van der Waals surface area (Å²) in [4.78, 5) is 31.8. The summed E-state index contributed by atoms with van der Waals surface area (Å²) in [5, 5.41) is 12.8. The number of anilines is 1. The number of fused-ring (bicyclic) bond motifs is 2. The molecule has 0 unspecified atom stereocenters. The second kappa shape index (κ2) is 10.0. The Morgan fingerprint density at radius 1 is 0.925 bits per heavy atom. The molecule has 3 N–H and O–H groups in total. The topological polar surface area (TPSA) is 115 Å². The lowest BCUT2D eigenvalue weighted by Crippen LogP contribution is -2.35. The van der Waals surface area contributed by atoms with Gasteiger partial charge in [0.15, 0.2) is 5.65 Å². The Morgan fingerprint density at radius 2 is 1.75 bits per heavy atom. The van der Waals surface area contributed by atoms with Gasteiger partial charge in [-0.2, -0.15) is 5.10 Å². The fraction of sp³-hybridized carbons (Fsp3) is 0.194. The highest BCUT2D eigenvalue weighted by Gasteiger charge is 2.23. The van der Waals surface area contributed by atoms with Gasteiger partial charge in [-0.15, -0.1) is 0 Å². The van der Waals surface area contributed by atoms with Crippen molar-refractivity contribution >= 4 is 33.5 Å². The molecule has 1 amide bonds. The largest absolute Gasteiger partial charge is 0.353 e. The van der Waals surface area contributed by atoms with Crippen LogP contribution in [-0.4, -0.2) is 61.1 Å². The number of pyridine rings is 3. The van der Waals surface area contributed by atoms with E-state index in [4.69, 9.17) is 0 Å². The van der Waals surface area contributed by atoms with E-state index < -0.39 is 0 Å². The van der Waals surface area contributed by atoms with E-state index in [1.165, 1.54) is 0 Å². The zero-order valence-corrected chi connectivity index (χ0v) is 22.1. The van der Waals surface area contributed by atoms with Crippen molar-refractivity contribution < 1.29 is 4.79 Å². The highest BCUT2D eigenvalue weighted by Crippen LogP contribution is 2.35. The number of benzene rings is 1. The zero-order chi connectivity index (χ0) is 27.1. The monoisotopic (exact) mass is 528 g/mol. The smallest absolute Gasteiger partial charge is 0.227 e. The number of aromatic amines is 2. The van der Waals surface area contributed by atoms with Crippen LogP contribution in [0.25, 0.3) is 55.6 Å². The first kappa shape index (κ1) is 24.2. The van der Waals surface area contributed by atoms with Crippen LogP contribution >= 0.6 is 0 Å². The summed E-state index contributed by atoms with van der Waals surface area (Å²) in [5.74, 6) is 0.0874. The third kappa shape index (κ3) is 4.50. The molecule has 0 saturated carbocycles. The van der Waals surface area contributed by atoms with Crippen LogP contribution in [0, 0.1) is 5.92 Å². The molecule has 40 heavy (non-hydrogen) atoms. The van der Waals surface area contributed by atoms with Crippen LogP contribution in [-0.2, 0) is 4.79 Å².